The summed E-state index contributed by atoms with van der Waals surface area (Å²) in [6.45, 7) is 12.7. The number of carbonyl (C=O) groups is 1. The van der Waals surface area contributed by atoms with Gasteiger partial charge in [0.05, 0.1) is 37.5 Å². The maximum atomic E-state index is 13.8. The molecule has 2 aromatic heterocycles. The standard InChI is InChI=1S/C35H44N4O6/c1-7-39(25-13-26-8-9-27(14-25)44-26)32-16-29(45-28-11-24(12-28)38-18-21(3)43-22(4)19-38)15-30(23(32)5)34(40)36-17-31-33(42-6)10-20(2)37-35(31)41/h8-10,13-16,21-22,24-25,28H,7,11-12,17-19H2,1-6H3,(H,36,40)(H,37,41)/t21-,22+,24?,28?. The van der Waals surface area contributed by atoms with E-state index in [2.05, 4.69) is 59.1 Å². The second kappa shape index (κ2) is 12.8. The smallest absolute Gasteiger partial charge is 0.256 e. The molecule has 1 aromatic carbocycles. The number of hydrogen-bond donors (Lipinski definition) is 2. The van der Waals surface area contributed by atoms with Gasteiger partial charge in [0.2, 0.25) is 0 Å². The molecule has 4 heterocycles. The number of aromatic nitrogens is 1. The number of nitrogens with one attached hydrogen (secondary N) is 2. The first kappa shape index (κ1) is 31.0. The summed E-state index contributed by atoms with van der Waals surface area (Å²) in [5.41, 5.74) is 4.67. The van der Waals surface area contributed by atoms with Crippen molar-refractivity contribution in [2.75, 3.05) is 31.6 Å². The lowest BCUT2D eigenvalue weighted by molar-refractivity contribution is -0.103. The number of furan rings is 1. The molecule has 3 aliphatic rings. The van der Waals surface area contributed by atoms with Crippen molar-refractivity contribution >= 4 is 23.7 Å². The monoisotopic (exact) mass is 616 g/mol. The van der Waals surface area contributed by atoms with Crippen LogP contribution in [0.25, 0.3) is 12.2 Å². The number of morpholine rings is 1. The molecule has 10 heteroatoms. The lowest BCUT2D eigenvalue weighted by Crippen LogP contribution is -2.56. The van der Waals surface area contributed by atoms with Crippen LogP contribution >= 0.6 is 0 Å². The van der Waals surface area contributed by atoms with Gasteiger partial charge in [0.15, 0.2) is 0 Å². The Balaban J connectivity index is 1.26. The van der Waals surface area contributed by atoms with Crippen LogP contribution in [0.3, 0.4) is 0 Å². The number of carbonyl (C=O) groups excluding carboxylic acids is 1. The molecule has 2 aliphatic heterocycles. The van der Waals surface area contributed by atoms with Crippen molar-refractivity contribution in [3.8, 4) is 11.5 Å². The maximum absolute atomic E-state index is 13.8. The molecule has 6 rings (SSSR count). The van der Waals surface area contributed by atoms with Crippen LogP contribution in [-0.2, 0) is 11.3 Å². The molecule has 0 radical (unpaired) electrons. The van der Waals surface area contributed by atoms with Gasteiger partial charge in [0.1, 0.15) is 28.4 Å². The number of benzene rings is 1. The Morgan fingerprint density at radius 3 is 2.42 bits per heavy atom. The van der Waals surface area contributed by atoms with Crippen LogP contribution in [0.2, 0.25) is 0 Å². The number of rotatable bonds is 10. The largest absolute Gasteiger partial charge is 0.496 e. The van der Waals surface area contributed by atoms with E-state index < -0.39 is 0 Å². The first-order valence-corrected chi connectivity index (χ1v) is 15.9. The molecule has 1 saturated heterocycles. The molecule has 1 amide bonds. The Morgan fingerprint density at radius 2 is 1.78 bits per heavy atom. The zero-order valence-corrected chi connectivity index (χ0v) is 27.0. The van der Waals surface area contributed by atoms with E-state index in [9.17, 15) is 9.59 Å². The van der Waals surface area contributed by atoms with E-state index in [4.69, 9.17) is 18.6 Å². The summed E-state index contributed by atoms with van der Waals surface area (Å²) >= 11 is 0. The zero-order chi connectivity index (χ0) is 31.8. The quantitative estimate of drug-likeness (QED) is 0.358. The maximum Gasteiger partial charge on any atom is 0.256 e. The van der Waals surface area contributed by atoms with Gasteiger partial charge in [-0.25, -0.2) is 0 Å². The minimum atomic E-state index is -0.287. The Kier molecular flexibility index (Phi) is 8.79. The summed E-state index contributed by atoms with van der Waals surface area (Å²) in [4.78, 5) is 34.1. The van der Waals surface area contributed by atoms with E-state index in [0.29, 0.717) is 40.9 Å². The summed E-state index contributed by atoms with van der Waals surface area (Å²) in [5.74, 6) is 0.812. The zero-order valence-electron chi connectivity index (χ0n) is 27.0. The molecule has 0 spiro atoms. The normalized spacial score (nSPS) is 23.0. The molecule has 10 nitrogen and oxygen atoms in total. The number of methoxy groups -OCH3 is 1. The summed E-state index contributed by atoms with van der Waals surface area (Å²) in [5, 5.41) is 2.96. The number of ether oxygens (including phenoxy) is 3. The second-order valence-corrected chi connectivity index (χ2v) is 12.6. The number of pyridine rings is 1. The van der Waals surface area contributed by atoms with Crippen molar-refractivity contribution in [1.82, 2.24) is 15.2 Å². The molecule has 1 saturated carbocycles. The van der Waals surface area contributed by atoms with Crippen LogP contribution in [0, 0.1) is 13.8 Å². The van der Waals surface area contributed by atoms with Gasteiger partial charge in [0, 0.05) is 61.5 Å². The Labute approximate surface area is 263 Å². The highest BCUT2D eigenvalue weighted by molar-refractivity contribution is 5.98. The summed E-state index contributed by atoms with van der Waals surface area (Å²) in [7, 11) is 1.52. The Morgan fingerprint density at radius 1 is 1.09 bits per heavy atom. The highest BCUT2D eigenvalue weighted by atomic mass is 16.5. The second-order valence-electron chi connectivity index (χ2n) is 12.6. The SMILES string of the molecule is CCN(c1cc(OC2CC(N3C[C@@H](C)O[C@@H](C)C3)C2)cc(C(=O)NCc2c(OC)cc(C)[nH]c2=O)c1C)C1C=c2ccc(o2)=C1. The molecule has 2 bridgehead atoms. The van der Waals surface area contributed by atoms with Gasteiger partial charge in [-0.15, -0.1) is 0 Å². The Bertz CT molecular complexity index is 1700. The highest BCUT2D eigenvalue weighted by Gasteiger charge is 2.38. The van der Waals surface area contributed by atoms with Gasteiger partial charge in [0.25, 0.3) is 11.5 Å². The van der Waals surface area contributed by atoms with Gasteiger partial charge in [-0.2, -0.15) is 0 Å². The number of H-pyrrole nitrogens is 1. The topological polar surface area (TPSA) is 109 Å². The number of fused-ring (bicyclic) bond motifs is 2. The van der Waals surface area contributed by atoms with Gasteiger partial charge in [-0.05, 0) is 76.6 Å². The third-order valence-electron chi connectivity index (χ3n) is 9.14. The molecular formula is C35H44N4O6. The number of anilines is 1. The minimum Gasteiger partial charge on any atom is -0.496 e. The van der Waals surface area contributed by atoms with Gasteiger partial charge in [-0.3, -0.25) is 14.5 Å². The average Bonchev–Trinajstić information content (AvgIpc) is 3.31. The van der Waals surface area contributed by atoms with Crippen LogP contribution in [0.5, 0.6) is 11.5 Å². The molecule has 0 unspecified atom stereocenters. The fourth-order valence-electron chi connectivity index (χ4n) is 6.87. The van der Waals surface area contributed by atoms with Crippen LogP contribution in [0.4, 0.5) is 5.69 Å². The predicted octanol–water partition coefficient (Wildman–Crippen LogP) is 3.01. The molecule has 3 aromatic rings. The first-order valence-electron chi connectivity index (χ1n) is 15.9. The van der Waals surface area contributed by atoms with Crippen molar-refractivity contribution in [2.24, 2.45) is 0 Å². The lowest BCUT2D eigenvalue weighted by Gasteiger charge is -2.47. The minimum absolute atomic E-state index is 0.0273. The molecule has 2 atom stereocenters. The number of amides is 1. The van der Waals surface area contributed by atoms with Gasteiger partial charge >= 0.3 is 0 Å². The summed E-state index contributed by atoms with van der Waals surface area (Å²) in [6, 6.07) is 10.00. The predicted molar refractivity (Wildman–Crippen MR) is 173 cm³/mol. The van der Waals surface area contributed by atoms with E-state index in [0.717, 1.165) is 48.0 Å². The number of nitrogens with zero attached hydrogens (tertiary/aromatic N) is 2. The van der Waals surface area contributed by atoms with E-state index in [-0.39, 0.29) is 42.4 Å². The fraction of sp³-hybridized carbons (Fsp3) is 0.486. The van der Waals surface area contributed by atoms with Crippen LogP contribution < -0.4 is 36.1 Å². The van der Waals surface area contributed by atoms with Crippen LogP contribution in [-0.4, -0.2) is 72.9 Å². The van der Waals surface area contributed by atoms with E-state index in [1.54, 1.807) is 13.0 Å². The number of aryl methyl sites for hydroxylation is 1. The van der Waals surface area contributed by atoms with Crippen molar-refractivity contribution in [3.05, 3.63) is 73.9 Å². The lowest BCUT2D eigenvalue weighted by atomic mass is 9.87. The number of aromatic amines is 1. The Hall–Kier alpha value is -4.02. The van der Waals surface area contributed by atoms with Crippen molar-refractivity contribution < 1.29 is 23.4 Å². The van der Waals surface area contributed by atoms with Crippen LogP contribution in [0.1, 0.15) is 60.8 Å². The first-order chi connectivity index (χ1) is 21.6. The highest BCUT2D eigenvalue weighted by Crippen LogP contribution is 2.36. The van der Waals surface area contributed by atoms with Crippen molar-refractivity contribution in [3.63, 3.8) is 0 Å². The molecule has 45 heavy (non-hydrogen) atoms. The van der Waals surface area contributed by atoms with Crippen molar-refractivity contribution in [2.45, 2.75) is 84.4 Å². The van der Waals surface area contributed by atoms with Gasteiger partial charge in [-0.1, -0.05) is 0 Å². The third kappa shape index (κ3) is 6.53. The summed E-state index contributed by atoms with van der Waals surface area (Å²) < 4.78 is 23.7. The molecule has 2 N–H and O–H groups in total. The average molecular weight is 617 g/mol. The van der Waals surface area contributed by atoms with E-state index >= 15 is 0 Å². The van der Waals surface area contributed by atoms with Crippen LogP contribution in [0.15, 0.2) is 39.5 Å². The molecule has 240 valence electrons. The fourth-order valence-corrected chi connectivity index (χ4v) is 6.87. The number of hydrogen-bond acceptors (Lipinski definition) is 8. The van der Waals surface area contributed by atoms with Gasteiger partial charge < -0.3 is 33.8 Å². The van der Waals surface area contributed by atoms with Crippen molar-refractivity contribution in [1.29, 1.82) is 0 Å². The van der Waals surface area contributed by atoms with E-state index in [1.165, 1.54) is 7.11 Å². The third-order valence-corrected chi connectivity index (χ3v) is 9.14. The van der Waals surface area contributed by atoms with E-state index in [1.807, 2.05) is 25.1 Å². The molecular weight excluding hydrogens is 572 g/mol. The molecule has 2 fully saturated rings. The molecule has 1 aliphatic carbocycles. The summed E-state index contributed by atoms with van der Waals surface area (Å²) in [6.07, 6.45) is 6.55.